The lowest BCUT2D eigenvalue weighted by molar-refractivity contribution is -0.134. The van der Waals surface area contributed by atoms with Crippen LogP contribution in [-0.4, -0.2) is 35.8 Å². The second-order valence-electron chi connectivity index (χ2n) is 6.09. The van der Waals surface area contributed by atoms with Gasteiger partial charge in [0.2, 0.25) is 11.8 Å². The first-order chi connectivity index (χ1) is 7.78. The molecule has 2 amide bonds. The molecule has 1 aliphatic heterocycles. The minimum atomic E-state index is 0.0180. The monoisotopic (exact) mass is 240 g/mol. The Bertz CT molecular complexity index is 286. The maximum atomic E-state index is 12.0. The van der Waals surface area contributed by atoms with Crippen LogP contribution >= 0.6 is 0 Å². The number of piperidine rings is 1. The molecular weight excluding hydrogens is 216 g/mol. The van der Waals surface area contributed by atoms with Crippen LogP contribution in [-0.2, 0) is 9.59 Å². The molecule has 1 fully saturated rings. The maximum Gasteiger partial charge on any atom is 0.223 e. The van der Waals surface area contributed by atoms with Crippen LogP contribution in [0.25, 0.3) is 0 Å². The van der Waals surface area contributed by atoms with Gasteiger partial charge in [0.1, 0.15) is 0 Å². The molecule has 0 aliphatic carbocycles. The maximum absolute atomic E-state index is 12.0. The third-order valence-electron chi connectivity index (χ3n) is 2.94. The van der Waals surface area contributed by atoms with Crippen molar-refractivity contribution in [3.8, 4) is 0 Å². The third-order valence-corrected chi connectivity index (χ3v) is 2.94. The highest BCUT2D eigenvalue weighted by Crippen LogP contribution is 2.21. The Morgan fingerprint density at radius 2 is 1.76 bits per heavy atom. The Labute approximate surface area is 104 Å². The average Bonchev–Trinajstić information content (AvgIpc) is 2.15. The van der Waals surface area contributed by atoms with E-state index in [1.807, 2.05) is 4.90 Å². The second kappa shape index (κ2) is 5.52. The van der Waals surface area contributed by atoms with Gasteiger partial charge in [-0.05, 0) is 18.3 Å². The second-order valence-corrected chi connectivity index (χ2v) is 6.09. The Balaban J connectivity index is 2.36. The number of rotatable bonds is 2. The molecule has 0 aromatic rings. The summed E-state index contributed by atoms with van der Waals surface area (Å²) < 4.78 is 0. The summed E-state index contributed by atoms with van der Waals surface area (Å²) in [5.74, 6) is 0.253. The van der Waals surface area contributed by atoms with Gasteiger partial charge in [-0.3, -0.25) is 9.59 Å². The molecule has 0 spiro atoms. The van der Waals surface area contributed by atoms with Crippen molar-refractivity contribution in [2.45, 2.75) is 53.0 Å². The van der Waals surface area contributed by atoms with Crippen LogP contribution in [0.4, 0.5) is 0 Å². The lowest BCUT2D eigenvalue weighted by atomic mass is 9.91. The number of hydrogen-bond donors (Lipinski definition) is 1. The summed E-state index contributed by atoms with van der Waals surface area (Å²) in [6.45, 7) is 9.30. The highest BCUT2D eigenvalue weighted by atomic mass is 16.2. The molecule has 98 valence electrons. The minimum absolute atomic E-state index is 0.0180. The molecule has 1 saturated heterocycles. The molecule has 0 unspecified atom stereocenters. The summed E-state index contributed by atoms with van der Waals surface area (Å²) in [5, 5.41) is 2.91. The van der Waals surface area contributed by atoms with E-state index in [4.69, 9.17) is 0 Å². The number of amides is 2. The topological polar surface area (TPSA) is 49.4 Å². The van der Waals surface area contributed by atoms with Crippen molar-refractivity contribution in [2.24, 2.45) is 5.41 Å². The molecule has 0 bridgehead atoms. The van der Waals surface area contributed by atoms with Gasteiger partial charge in [0, 0.05) is 32.5 Å². The number of carbonyl (C=O) groups is 2. The highest BCUT2D eigenvalue weighted by molar-refractivity contribution is 5.77. The predicted octanol–water partition coefficient (Wildman–Crippen LogP) is 1.55. The fourth-order valence-electron chi connectivity index (χ4n) is 2.13. The summed E-state index contributed by atoms with van der Waals surface area (Å²) in [4.78, 5) is 24.8. The molecule has 0 saturated carbocycles. The van der Waals surface area contributed by atoms with Gasteiger partial charge in [-0.2, -0.15) is 0 Å². The zero-order valence-corrected chi connectivity index (χ0v) is 11.4. The standard InChI is InChI=1S/C13H24N2O2/c1-10(16)14-11-5-7-15(8-6-11)12(17)9-13(2,3)4/h11H,5-9H2,1-4H3,(H,14,16). The van der Waals surface area contributed by atoms with Crippen LogP contribution in [0.1, 0.15) is 47.0 Å². The molecule has 0 aromatic heterocycles. The summed E-state index contributed by atoms with van der Waals surface area (Å²) in [6, 6.07) is 0.242. The van der Waals surface area contributed by atoms with E-state index in [1.54, 1.807) is 0 Å². The van der Waals surface area contributed by atoms with Gasteiger partial charge < -0.3 is 10.2 Å². The number of carbonyl (C=O) groups excluding carboxylic acids is 2. The minimum Gasteiger partial charge on any atom is -0.353 e. The largest absolute Gasteiger partial charge is 0.353 e. The molecule has 4 nitrogen and oxygen atoms in total. The molecule has 1 rings (SSSR count). The first kappa shape index (κ1) is 14.0. The zero-order valence-electron chi connectivity index (χ0n) is 11.4. The van der Waals surface area contributed by atoms with Gasteiger partial charge in [-0.25, -0.2) is 0 Å². The zero-order chi connectivity index (χ0) is 13.1. The molecule has 1 aliphatic rings. The van der Waals surface area contributed by atoms with Crippen molar-refractivity contribution in [1.82, 2.24) is 10.2 Å². The Morgan fingerprint density at radius 3 is 2.18 bits per heavy atom. The van der Waals surface area contributed by atoms with Gasteiger partial charge >= 0.3 is 0 Å². The first-order valence-corrected chi connectivity index (χ1v) is 6.33. The van der Waals surface area contributed by atoms with Crippen molar-refractivity contribution < 1.29 is 9.59 Å². The van der Waals surface area contributed by atoms with Crippen molar-refractivity contribution in [1.29, 1.82) is 0 Å². The van der Waals surface area contributed by atoms with E-state index in [9.17, 15) is 9.59 Å². The molecule has 0 aromatic carbocycles. The Kier molecular flexibility index (Phi) is 4.54. The quantitative estimate of drug-likeness (QED) is 0.796. The lowest BCUT2D eigenvalue weighted by Crippen LogP contribution is -2.46. The summed E-state index contributed by atoms with van der Waals surface area (Å²) in [7, 11) is 0. The number of nitrogens with zero attached hydrogens (tertiary/aromatic N) is 1. The highest BCUT2D eigenvalue weighted by Gasteiger charge is 2.25. The van der Waals surface area contributed by atoms with Crippen LogP contribution in [0, 0.1) is 5.41 Å². The molecule has 4 heteroatoms. The lowest BCUT2D eigenvalue weighted by Gasteiger charge is -2.33. The van der Waals surface area contributed by atoms with Gasteiger partial charge in [-0.15, -0.1) is 0 Å². The molecule has 0 radical (unpaired) electrons. The van der Waals surface area contributed by atoms with E-state index in [1.165, 1.54) is 6.92 Å². The van der Waals surface area contributed by atoms with Crippen molar-refractivity contribution in [3.05, 3.63) is 0 Å². The van der Waals surface area contributed by atoms with Crippen LogP contribution in [0.15, 0.2) is 0 Å². The number of likely N-dealkylation sites (tertiary alicyclic amines) is 1. The number of hydrogen-bond acceptors (Lipinski definition) is 2. The van der Waals surface area contributed by atoms with Crippen LogP contribution in [0.3, 0.4) is 0 Å². The van der Waals surface area contributed by atoms with Gasteiger partial charge in [0.05, 0.1) is 0 Å². The normalized spacial score (nSPS) is 18.0. The van der Waals surface area contributed by atoms with Crippen molar-refractivity contribution >= 4 is 11.8 Å². The number of nitrogens with one attached hydrogen (secondary N) is 1. The molecule has 1 heterocycles. The average molecular weight is 240 g/mol. The summed E-state index contributed by atoms with van der Waals surface area (Å²) in [6.07, 6.45) is 2.34. The van der Waals surface area contributed by atoms with Gasteiger partial charge in [0.15, 0.2) is 0 Å². The first-order valence-electron chi connectivity index (χ1n) is 6.33. The fourth-order valence-corrected chi connectivity index (χ4v) is 2.13. The van der Waals surface area contributed by atoms with Crippen LogP contribution in [0.2, 0.25) is 0 Å². The van der Waals surface area contributed by atoms with E-state index < -0.39 is 0 Å². The van der Waals surface area contributed by atoms with E-state index in [0.717, 1.165) is 25.9 Å². The van der Waals surface area contributed by atoms with Crippen molar-refractivity contribution in [3.63, 3.8) is 0 Å². The molecule has 17 heavy (non-hydrogen) atoms. The Hall–Kier alpha value is -1.06. The SMILES string of the molecule is CC(=O)NC1CCN(C(=O)CC(C)(C)C)CC1. The molecule has 0 atom stereocenters. The third kappa shape index (κ3) is 5.20. The van der Waals surface area contributed by atoms with Crippen molar-refractivity contribution in [2.75, 3.05) is 13.1 Å². The smallest absolute Gasteiger partial charge is 0.223 e. The summed E-state index contributed by atoms with van der Waals surface area (Å²) in [5.41, 5.74) is 0.0472. The van der Waals surface area contributed by atoms with Crippen LogP contribution in [0.5, 0.6) is 0 Å². The molecular formula is C13H24N2O2. The van der Waals surface area contributed by atoms with E-state index in [-0.39, 0.29) is 23.3 Å². The van der Waals surface area contributed by atoms with E-state index in [2.05, 4.69) is 26.1 Å². The summed E-state index contributed by atoms with van der Waals surface area (Å²) >= 11 is 0. The molecule has 1 N–H and O–H groups in total. The van der Waals surface area contributed by atoms with Gasteiger partial charge in [0.25, 0.3) is 0 Å². The fraction of sp³-hybridized carbons (Fsp3) is 0.846. The van der Waals surface area contributed by atoms with Gasteiger partial charge in [-0.1, -0.05) is 20.8 Å². The van der Waals surface area contributed by atoms with E-state index >= 15 is 0 Å². The van der Waals surface area contributed by atoms with E-state index in [0.29, 0.717) is 6.42 Å². The Morgan fingerprint density at radius 1 is 1.24 bits per heavy atom. The van der Waals surface area contributed by atoms with Crippen LogP contribution < -0.4 is 5.32 Å². The predicted molar refractivity (Wildman–Crippen MR) is 67.5 cm³/mol.